The molecule has 0 N–H and O–H groups in total. The first-order valence-electron chi connectivity index (χ1n) is 17.5. The molecule has 0 aromatic heterocycles. The van der Waals surface area contributed by atoms with Crippen LogP contribution < -0.4 is 0 Å². The molecule has 0 aliphatic heterocycles. The minimum atomic E-state index is -0.150. The van der Waals surface area contributed by atoms with Crippen molar-refractivity contribution in [1.29, 1.82) is 0 Å². The molecule has 0 unspecified atom stereocenters. The Balaban J connectivity index is 1.94. The highest BCUT2D eigenvalue weighted by Gasteiger charge is 2.42. The quantitative estimate of drug-likeness (QED) is 0.172. The first-order chi connectivity index (χ1) is 20.1. The van der Waals surface area contributed by atoms with E-state index in [1.54, 1.807) is 11.1 Å². The van der Waals surface area contributed by atoms with Crippen LogP contribution in [-0.2, 0) is 18.3 Å². The van der Waals surface area contributed by atoms with Gasteiger partial charge in [-0.3, -0.25) is 0 Å². The van der Waals surface area contributed by atoms with Gasteiger partial charge in [0.25, 0.3) is 0 Å². The second kappa shape index (κ2) is 13.5. The summed E-state index contributed by atoms with van der Waals surface area (Å²) in [6.45, 7) is 21.5. The minimum absolute atomic E-state index is 0.150. The van der Waals surface area contributed by atoms with Crippen LogP contribution in [0.4, 0.5) is 0 Å². The zero-order valence-corrected chi connectivity index (χ0v) is 28.7. The molecule has 3 aromatic carbocycles. The standard InChI is InChI=1S/C42H60/c1-10-16-22-41(12-3,13-4)29-33-26-34(30-42(14-5,15-6)23-17-11-2)28-35(27-33)40(9)38-24-31(7)18-20-36(38)37-21-19-32(8)25-39(37)40/h18-21,24-28H,10-17,22-23,29-30H2,1-9H3. The molecule has 4 rings (SSSR count). The summed E-state index contributed by atoms with van der Waals surface area (Å²) in [7, 11) is 0. The predicted molar refractivity (Wildman–Crippen MR) is 186 cm³/mol. The van der Waals surface area contributed by atoms with Gasteiger partial charge in [0.2, 0.25) is 0 Å². The molecule has 3 aromatic rings. The Morgan fingerprint density at radius 2 is 0.952 bits per heavy atom. The lowest BCUT2D eigenvalue weighted by Gasteiger charge is -2.36. The van der Waals surface area contributed by atoms with Crippen LogP contribution in [0, 0.1) is 24.7 Å². The van der Waals surface area contributed by atoms with E-state index in [4.69, 9.17) is 0 Å². The predicted octanol–water partition coefficient (Wildman–Crippen LogP) is 12.7. The third-order valence-electron chi connectivity index (χ3n) is 11.6. The molecule has 0 fully saturated rings. The normalized spacial score (nSPS) is 14.2. The molecular formula is C42H60. The summed E-state index contributed by atoms with van der Waals surface area (Å²) in [4.78, 5) is 0. The third kappa shape index (κ3) is 6.30. The molecule has 0 bridgehead atoms. The van der Waals surface area contributed by atoms with Crippen LogP contribution in [0.1, 0.15) is 152 Å². The van der Waals surface area contributed by atoms with Crippen molar-refractivity contribution in [3.63, 3.8) is 0 Å². The first kappa shape index (κ1) is 32.6. The average molecular weight is 565 g/mol. The molecule has 0 heteroatoms. The highest BCUT2D eigenvalue weighted by molar-refractivity contribution is 5.83. The molecular weight excluding hydrogens is 504 g/mol. The zero-order chi connectivity index (χ0) is 30.5. The average Bonchev–Trinajstić information content (AvgIpc) is 3.25. The van der Waals surface area contributed by atoms with Gasteiger partial charge >= 0.3 is 0 Å². The molecule has 0 amide bonds. The molecule has 0 nitrogen and oxygen atoms in total. The van der Waals surface area contributed by atoms with E-state index in [0.29, 0.717) is 10.8 Å². The van der Waals surface area contributed by atoms with E-state index in [1.165, 1.54) is 116 Å². The highest BCUT2D eigenvalue weighted by atomic mass is 14.4. The lowest BCUT2D eigenvalue weighted by Crippen LogP contribution is -2.26. The van der Waals surface area contributed by atoms with Crippen LogP contribution in [0.15, 0.2) is 54.6 Å². The van der Waals surface area contributed by atoms with Crippen molar-refractivity contribution in [2.75, 3.05) is 0 Å². The monoisotopic (exact) mass is 564 g/mol. The summed E-state index contributed by atoms with van der Waals surface area (Å²) >= 11 is 0. The SMILES string of the molecule is CCCCC(CC)(CC)Cc1cc(CC(CC)(CC)CCCC)cc(C2(C)c3cc(C)ccc3-c3ccc(C)cc32)c1. The lowest BCUT2D eigenvalue weighted by atomic mass is 9.68. The van der Waals surface area contributed by atoms with Gasteiger partial charge < -0.3 is 0 Å². The molecule has 42 heavy (non-hydrogen) atoms. The smallest absolute Gasteiger partial charge is 0.0435 e. The van der Waals surface area contributed by atoms with E-state index < -0.39 is 0 Å². The Kier molecular flexibility index (Phi) is 10.5. The molecule has 0 atom stereocenters. The fourth-order valence-corrected chi connectivity index (χ4v) is 8.18. The maximum atomic E-state index is 2.63. The molecule has 1 aliphatic rings. The number of fused-ring (bicyclic) bond motifs is 3. The van der Waals surface area contributed by atoms with Crippen molar-refractivity contribution in [2.24, 2.45) is 10.8 Å². The van der Waals surface area contributed by atoms with E-state index >= 15 is 0 Å². The Morgan fingerprint density at radius 3 is 1.31 bits per heavy atom. The molecule has 0 heterocycles. The number of benzene rings is 3. The summed E-state index contributed by atoms with van der Waals surface area (Å²) in [6, 6.07) is 22.2. The lowest BCUT2D eigenvalue weighted by molar-refractivity contribution is 0.227. The number of hydrogen-bond donors (Lipinski definition) is 0. The highest BCUT2D eigenvalue weighted by Crippen LogP contribution is 2.53. The van der Waals surface area contributed by atoms with E-state index in [2.05, 4.69) is 117 Å². The Labute approximate surface area is 259 Å². The van der Waals surface area contributed by atoms with Crippen LogP contribution in [-0.4, -0.2) is 0 Å². The van der Waals surface area contributed by atoms with Gasteiger partial charge in [-0.2, -0.15) is 0 Å². The molecule has 1 aliphatic carbocycles. The van der Waals surface area contributed by atoms with Crippen molar-refractivity contribution in [3.05, 3.63) is 93.5 Å². The summed E-state index contributed by atoms with van der Waals surface area (Å²) < 4.78 is 0. The van der Waals surface area contributed by atoms with Crippen molar-refractivity contribution in [1.82, 2.24) is 0 Å². The van der Waals surface area contributed by atoms with Crippen molar-refractivity contribution in [2.45, 2.75) is 145 Å². The summed E-state index contributed by atoms with van der Waals surface area (Å²) in [5.74, 6) is 0. The van der Waals surface area contributed by atoms with Gasteiger partial charge in [0.1, 0.15) is 0 Å². The summed E-state index contributed by atoms with van der Waals surface area (Å²) in [6.07, 6.45) is 15.3. The molecule has 228 valence electrons. The number of hydrogen-bond acceptors (Lipinski definition) is 0. The second-order valence-corrected chi connectivity index (χ2v) is 14.2. The van der Waals surface area contributed by atoms with Gasteiger partial charge in [0.15, 0.2) is 0 Å². The maximum absolute atomic E-state index is 2.63. The number of unbranched alkanes of at least 4 members (excludes halogenated alkanes) is 2. The first-order valence-corrected chi connectivity index (χ1v) is 17.5. The van der Waals surface area contributed by atoms with Gasteiger partial charge in [-0.15, -0.1) is 0 Å². The van der Waals surface area contributed by atoms with Gasteiger partial charge in [0, 0.05) is 5.41 Å². The summed E-state index contributed by atoms with van der Waals surface area (Å²) in [5.41, 5.74) is 13.8. The fraction of sp³-hybridized carbons (Fsp3) is 0.571. The number of aryl methyl sites for hydroxylation is 2. The van der Waals surface area contributed by atoms with Gasteiger partial charge in [-0.1, -0.05) is 159 Å². The van der Waals surface area contributed by atoms with E-state index in [0.717, 1.165) is 0 Å². The minimum Gasteiger partial charge on any atom is -0.0654 e. The van der Waals surface area contributed by atoms with Crippen molar-refractivity contribution in [3.8, 4) is 11.1 Å². The second-order valence-electron chi connectivity index (χ2n) is 14.2. The molecule has 0 radical (unpaired) electrons. The van der Waals surface area contributed by atoms with Gasteiger partial charge in [0.05, 0.1) is 0 Å². The molecule has 0 spiro atoms. The largest absolute Gasteiger partial charge is 0.0654 e. The maximum Gasteiger partial charge on any atom is 0.0435 e. The van der Waals surface area contributed by atoms with Crippen LogP contribution >= 0.6 is 0 Å². The van der Waals surface area contributed by atoms with E-state index in [-0.39, 0.29) is 5.41 Å². The van der Waals surface area contributed by atoms with Crippen LogP contribution in [0.5, 0.6) is 0 Å². The van der Waals surface area contributed by atoms with Crippen LogP contribution in [0.2, 0.25) is 0 Å². The number of rotatable bonds is 15. The Bertz CT molecular complexity index is 1230. The van der Waals surface area contributed by atoms with Gasteiger partial charge in [-0.05, 0) is 96.2 Å². The van der Waals surface area contributed by atoms with Crippen molar-refractivity contribution < 1.29 is 0 Å². The van der Waals surface area contributed by atoms with Gasteiger partial charge in [-0.25, -0.2) is 0 Å². The van der Waals surface area contributed by atoms with Crippen molar-refractivity contribution >= 4 is 0 Å². The Morgan fingerprint density at radius 1 is 0.548 bits per heavy atom. The summed E-state index contributed by atoms with van der Waals surface area (Å²) in [5, 5.41) is 0. The molecule has 0 saturated heterocycles. The fourth-order valence-electron chi connectivity index (χ4n) is 8.18. The zero-order valence-electron chi connectivity index (χ0n) is 28.7. The van der Waals surface area contributed by atoms with E-state index in [1.807, 2.05) is 0 Å². The third-order valence-corrected chi connectivity index (χ3v) is 11.6. The van der Waals surface area contributed by atoms with Crippen LogP contribution in [0.3, 0.4) is 0 Å². The topological polar surface area (TPSA) is 0 Å². The van der Waals surface area contributed by atoms with E-state index in [9.17, 15) is 0 Å². The Hall–Kier alpha value is -2.34. The van der Waals surface area contributed by atoms with Crippen LogP contribution in [0.25, 0.3) is 11.1 Å². The molecule has 0 saturated carbocycles.